The number of para-hydroxylation sites is 1. The molecule has 0 heterocycles. The highest BCUT2D eigenvalue weighted by Crippen LogP contribution is 2.28. The zero-order valence-electron chi connectivity index (χ0n) is 15.0. The van der Waals surface area contributed by atoms with Gasteiger partial charge < -0.3 is 9.47 Å². The second kappa shape index (κ2) is 8.91. The van der Waals surface area contributed by atoms with E-state index < -0.39 is 0 Å². The van der Waals surface area contributed by atoms with E-state index in [1.807, 2.05) is 12.1 Å². The van der Waals surface area contributed by atoms with E-state index in [0.29, 0.717) is 23.8 Å². The molecule has 0 aliphatic heterocycles. The fourth-order valence-corrected chi connectivity index (χ4v) is 2.49. The molecule has 0 spiro atoms. The first kappa shape index (κ1) is 19.3. The van der Waals surface area contributed by atoms with E-state index in [2.05, 4.69) is 32.9 Å². The molecule has 0 fully saturated rings. The summed E-state index contributed by atoms with van der Waals surface area (Å²) in [4.78, 5) is 11.8. The van der Waals surface area contributed by atoms with Crippen molar-refractivity contribution in [2.75, 3.05) is 6.61 Å². The summed E-state index contributed by atoms with van der Waals surface area (Å²) in [6, 6.07) is 15.1. The third-order valence-corrected chi connectivity index (χ3v) is 4.69. The van der Waals surface area contributed by atoms with Crippen molar-refractivity contribution in [3.63, 3.8) is 0 Å². The molecule has 25 heavy (non-hydrogen) atoms. The molecule has 2 aromatic rings. The molecule has 0 aromatic heterocycles. The fourth-order valence-electron chi connectivity index (χ4n) is 2.31. The highest BCUT2D eigenvalue weighted by molar-refractivity contribution is 6.32. The van der Waals surface area contributed by atoms with Gasteiger partial charge in [-0.15, -0.1) is 0 Å². The van der Waals surface area contributed by atoms with Crippen LogP contribution in [-0.4, -0.2) is 12.6 Å². The van der Waals surface area contributed by atoms with Crippen molar-refractivity contribution in [3.8, 4) is 11.5 Å². The fraction of sp³-hybridized carbons (Fsp3) is 0.381. The van der Waals surface area contributed by atoms with E-state index in [4.69, 9.17) is 21.1 Å². The van der Waals surface area contributed by atoms with E-state index >= 15 is 0 Å². The van der Waals surface area contributed by atoms with Gasteiger partial charge in [-0.05, 0) is 48.1 Å². The maximum atomic E-state index is 11.8. The molecule has 0 unspecified atom stereocenters. The van der Waals surface area contributed by atoms with Crippen LogP contribution in [0.3, 0.4) is 0 Å². The van der Waals surface area contributed by atoms with Crippen LogP contribution in [0.1, 0.15) is 45.6 Å². The number of hydrogen-bond acceptors (Lipinski definition) is 3. The number of benzene rings is 2. The van der Waals surface area contributed by atoms with Crippen molar-refractivity contribution < 1.29 is 14.3 Å². The molecular weight excluding hydrogens is 336 g/mol. The molecule has 134 valence electrons. The topological polar surface area (TPSA) is 35.5 Å². The van der Waals surface area contributed by atoms with E-state index in [9.17, 15) is 4.79 Å². The second-order valence-electron chi connectivity index (χ2n) is 6.62. The van der Waals surface area contributed by atoms with Crippen LogP contribution in [0.4, 0.5) is 0 Å². The Balaban J connectivity index is 1.74. The largest absolute Gasteiger partial charge is 0.494 e. The highest BCUT2D eigenvalue weighted by Gasteiger charge is 2.17. The van der Waals surface area contributed by atoms with Crippen molar-refractivity contribution in [3.05, 3.63) is 59.1 Å². The lowest BCUT2D eigenvalue weighted by atomic mass is 9.82. The molecule has 2 rings (SSSR count). The van der Waals surface area contributed by atoms with Crippen molar-refractivity contribution >= 4 is 17.6 Å². The Kier molecular flexibility index (Phi) is 6.89. The Hall–Kier alpha value is -2.00. The van der Waals surface area contributed by atoms with Gasteiger partial charge in [0.15, 0.2) is 0 Å². The van der Waals surface area contributed by atoms with Gasteiger partial charge in [0, 0.05) is 6.42 Å². The van der Waals surface area contributed by atoms with Crippen molar-refractivity contribution in [2.24, 2.45) is 0 Å². The number of esters is 1. The van der Waals surface area contributed by atoms with Crippen molar-refractivity contribution in [1.29, 1.82) is 0 Å². The number of carbonyl (C=O) groups is 1. The number of carbonyl (C=O) groups excluding carboxylic acids is 1. The van der Waals surface area contributed by atoms with Gasteiger partial charge in [0.25, 0.3) is 0 Å². The zero-order valence-corrected chi connectivity index (χ0v) is 15.8. The quantitative estimate of drug-likeness (QED) is 0.339. The Bertz CT molecular complexity index is 693. The van der Waals surface area contributed by atoms with Crippen LogP contribution in [-0.2, 0) is 10.2 Å². The summed E-state index contributed by atoms with van der Waals surface area (Å²) >= 11 is 5.96. The maximum absolute atomic E-state index is 11.8. The third kappa shape index (κ3) is 5.79. The van der Waals surface area contributed by atoms with Gasteiger partial charge in [-0.25, -0.2) is 0 Å². The molecule has 0 aliphatic carbocycles. The predicted octanol–water partition coefficient (Wildman–Crippen LogP) is 5.79. The van der Waals surface area contributed by atoms with Gasteiger partial charge in [-0.3, -0.25) is 4.79 Å². The van der Waals surface area contributed by atoms with E-state index in [1.54, 1.807) is 24.3 Å². The predicted molar refractivity (Wildman–Crippen MR) is 102 cm³/mol. The molecule has 0 bridgehead atoms. The lowest BCUT2D eigenvalue weighted by Gasteiger charge is -2.23. The van der Waals surface area contributed by atoms with Gasteiger partial charge in [-0.2, -0.15) is 0 Å². The molecule has 4 heteroatoms. The van der Waals surface area contributed by atoms with Crippen molar-refractivity contribution in [1.82, 2.24) is 0 Å². The normalized spacial score (nSPS) is 11.2. The average Bonchev–Trinajstić information content (AvgIpc) is 2.61. The summed E-state index contributed by atoms with van der Waals surface area (Å²) in [5, 5.41) is 0.433. The number of hydrogen-bond donors (Lipinski definition) is 0. The van der Waals surface area contributed by atoms with Gasteiger partial charge in [0.2, 0.25) is 0 Å². The molecule has 0 radical (unpaired) electrons. The minimum atomic E-state index is -0.309. The lowest BCUT2D eigenvalue weighted by Crippen LogP contribution is -2.15. The maximum Gasteiger partial charge on any atom is 0.311 e. The van der Waals surface area contributed by atoms with Crippen LogP contribution in [0.25, 0.3) is 0 Å². The summed E-state index contributed by atoms with van der Waals surface area (Å²) < 4.78 is 10.9. The third-order valence-electron chi connectivity index (χ3n) is 4.37. The van der Waals surface area contributed by atoms with E-state index in [-0.39, 0.29) is 17.8 Å². The summed E-state index contributed by atoms with van der Waals surface area (Å²) in [6.07, 6.45) is 1.96. The summed E-state index contributed by atoms with van der Waals surface area (Å²) in [7, 11) is 0. The first-order valence-electron chi connectivity index (χ1n) is 8.61. The Morgan fingerprint density at radius 1 is 1.08 bits per heavy atom. The standard InChI is InChI=1S/C21H25ClO3/c1-4-21(2,3)16-11-13-17(14-12-16)24-15-7-10-20(23)25-19-9-6-5-8-18(19)22/h5-6,8-9,11-14H,4,7,10,15H2,1-3H3. The van der Waals surface area contributed by atoms with Crippen LogP contribution in [0.5, 0.6) is 11.5 Å². The monoisotopic (exact) mass is 360 g/mol. The molecule has 0 saturated carbocycles. The Labute approximate surface area is 154 Å². The van der Waals surface area contributed by atoms with Crippen LogP contribution in [0.15, 0.2) is 48.5 Å². The smallest absolute Gasteiger partial charge is 0.311 e. The minimum Gasteiger partial charge on any atom is -0.494 e. The first-order valence-corrected chi connectivity index (χ1v) is 8.99. The minimum absolute atomic E-state index is 0.168. The Morgan fingerprint density at radius 2 is 1.76 bits per heavy atom. The Morgan fingerprint density at radius 3 is 2.40 bits per heavy atom. The van der Waals surface area contributed by atoms with E-state index in [0.717, 1.165) is 12.2 Å². The molecule has 0 atom stereocenters. The number of rotatable bonds is 8. The van der Waals surface area contributed by atoms with Gasteiger partial charge >= 0.3 is 5.97 Å². The van der Waals surface area contributed by atoms with Crippen molar-refractivity contribution in [2.45, 2.75) is 45.4 Å². The first-order chi connectivity index (χ1) is 11.9. The van der Waals surface area contributed by atoms with Crippen LogP contribution >= 0.6 is 11.6 Å². The summed E-state index contributed by atoms with van der Waals surface area (Å²) in [5.74, 6) is 0.899. The van der Waals surface area contributed by atoms with Gasteiger partial charge in [0.05, 0.1) is 11.6 Å². The summed E-state index contributed by atoms with van der Waals surface area (Å²) in [6.45, 7) is 7.11. The molecular formula is C21H25ClO3. The van der Waals surface area contributed by atoms with Crippen LogP contribution in [0, 0.1) is 0 Å². The van der Waals surface area contributed by atoms with Gasteiger partial charge in [-0.1, -0.05) is 56.6 Å². The number of halogens is 1. The molecule has 0 amide bonds. The van der Waals surface area contributed by atoms with Crippen LogP contribution in [0.2, 0.25) is 5.02 Å². The molecule has 0 saturated heterocycles. The summed E-state index contributed by atoms with van der Waals surface area (Å²) in [5.41, 5.74) is 1.46. The molecule has 0 N–H and O–H groups in total. The lowest BCUT2D eigenvalue weighted by molar-refractivity contribution is -0.134. The molecule has 3 nitrogen and oxygen atoms in total. The zero-order chi connectivity index (χ0) is 18.3. The van der Waals surface area contributed by atoms with Gasteiger partial charge in [0.1, 0.15) is 11.5 Å². The molecule has 0 aliphatic rings. The van der Waals surface area contributed by atoms with E-state index in [1.165, 1.54) is 5.56 Å². The number of ether oxygens (including phenoxy) is 2. The molecule has 2 aromatic carbocycles. The highest BCUT2D eigenvalue weighted by atomic mass is 35.5. The average molecular weight is 361 g/mol. The SMILES string of the molecule is CCC(C)(C)c1ccc(OCCCC(=O)Oc2ccccc2Cl)cc1. The van der Waals surface area contributed by atoms with Crippen LogP contribution < -0.4 is 9.47 Å². The second-order valence-corrected chi connectivity index (χ2v) is 7.03.